The Bertz CT molecular complexity index is 1040. The molecule has 1 saturated heterocycles. The molecule has 0 spiro atoms. The van der Waals surface area contributed by atoms with Crippen LogP contribution in [0.3, 0.4) is 0 Å². The molecule has 2 aromatic rings. The highest BCUT2D eigenvalue weighted by Gasteiger charge is 2.36. The second kappa shape index (κ2) is 7.62. The van der Waals surface area contributed by atoms with Gasteiger partial charge in [-0.2, -0.15) is 0 Å². The Hall–Kier alpha value is -2.53. The maximum absolute atomic E-state index is 12.9. The molecule has 0 radical (unpaired) electrons. The van der Waals surface area contributed by atoms with Crippen molar-refractivity contribution in [2.45, 2.75) is 52.1 Å². The van der Waals surface area contributed by atoms with Gasteiger partial charge in [0.1, 0.15) is 0 Å². The standard InChI is InChI=1S/C25H28N2O2S/c1-16-11-21-20(17(2)14-25(3,4)26(21)5)12-19(16)13-22-23(28)27(24(29)30-22)15-18-9-7-6-8-10-18/h6-13,17H,14-15H2,1-5H3/b22-13-/t17-/m1/s1. The summed E-state index contributed by atoms with van der Waals surface area (Å²) in [5.74, 6) is 0.226. The summed E-state index contributed by atoms with van der Waals surface area (Å²) >= 11 is 1.03. The molecule has 4 nitrogen and oxygen atoms in total. The van der Waals surface area contributed by atoms with Crippen LogP contribution in [-0.2, 0) is 11.3 Å². The fraction of sp³-hybridized carbons (Fsp3) is 0.360. The summed E-state index contributed by atoms with van der Waals surface area (Å²) in [6.07, 6.45) is 2.96. The van der Waals surface area contributed by atoms with Crippen molar-refractivity contribution in [3.63, 3.8) is 0 Å². The van der Waals surface area contributed by atoms with Crippen molar-refractivity contribution >= 4 is 34.7 Å². The lowest BCUT2D eigenvalue weighted by Gasteiger charge is -2.45. The number of carbonyl (C=O) groups is 2. The molecule has 0 aromatic heterocycles. The van der Waals surface area contributed by atoms with E-state index in [1.807, 2.05) is 36.4 Å². The molecule has 0 aliphatic carbocycles. The number of amides is 2. The lowest BCUT2D eigenvalue weighted by Crippen LogP contribution is -2.45. The molecule has 2 aliphatic rings. The smallest absolute Gasteiger partial charge is 0.293 e. The van der Waals surface area contributed by atoms with Crippen molar-refractivity contribution in [1.29, 1.82) is 0 Å². The predicted molar refractivity (Wildman–Crippen MR) is 125 cm³/mol. The van der Waals surface area contributed by atoms with E-state index in [0.29, 0.717) is 17.4 Å². The number of thioether (sulfide) groups is 1. The molecule has 1 fully saturated rings. The van der Waals surface area contributed by atoms with Crippen molar-refractivity contribution in [3.8, 4) is 0 Å². The van der Waals surface area contributed by atoms with Crippen LogP contribution >= 0.6 is 11.8 Å². The van der Waals surface area contributed by atoms with Crippen LogP contribution in [0.15, 0.2) is 47.4 Å². The van der Waals surface area contributed by atoms with Crippen molar-refractivity contribution < 1.29 is 9.59 Å². The van der Waals surface area contributed by atoms with Gasteiger partial charge < -0.3 is 4.90 Å². The Morgan fingerprint density at radius 1 is 1.17 bits per heavy atom. The van der Waals surface area contributed by atoms with E-state index >= 15 is 0 Å². The monoisotopic (exact) mass is 420 g/mol. The highest BCUT2D eigenvalue weighted by molar-refractivity contribution is 8.18. The molecular formula is C25H28N2O2S. The van der Waals surface area contributed by atoms with Crippen molar-refractivity contribution in [3.05, 3.63) is 69.6 Å². The van der Waals surface area contributed by atoms with Crippen LogP contribution in [0.4, 0.5) is 10.5 Å². The zero-order valence-electron chi connectivity index (χ0n) is 18.2. The SMILES string of the molecule is Cc1cc2c(cc1/C=C1\SC(=O)N(Cc3ccccc3)C1=O)[C@H](C)CC(C)(C)N2C. The van der Waals surface area contributed by atoms with Crippen LogP contribution in [0, 0.1) is 6.92 Å². The molecule has 2 heterocycles. The summed E-state index contributed by atoms with van der Waals surface area (Å²) in [7, 11) is 2.15. The first-order valence-electron chi connectivity index (χ1n) is 10.3. The predicted octanol–water partition coefficient (Wildman–Crippen LogP) is 5.95. The fourth-order valence-corrected chi connectivity index (χ4v) is 5.26. The summed E-state index contributed by atoms with van der Waals surface area (Å²) < 4.78 is 0. The lowest BCUT2D eigenvalue weighted by molar-refractivity contribution is -0.123. The summed E-state index contributed by atoms with van der Waals surface area (Å²) in [5, 5.41) is -0.208. The zero-order valence-corrected chi connectivity index (χ0v) is 19.0. The second-order valence-corrected chi connectivity index (χ2v) is 9.99. The highest BCUT2D eigenvalue weighted by atomic mass is 32.2. The first-order chi connectivity index (χ1) is 14.2. The van der Waals surface area contributed by atoms with Crippen molar-refractivity contribution in [2.75, 3.05) is 11.9 Å². The number of imide groups is 1. The van der Waals surface area contributed by atoms with Gasteiger partial charge in [-0.25, -0.2) is 0 Å². The molecule has 0 N–H and O–H groups in total. The molecule has 1 atom stereocenters. The van der Waals surface area contributed by atoms with Gasteiger partial charge in [0.2, 0.25) is 0 Å². The lowest BCUT2D eigenvalue weighted by atomic mass is 9.79. The Morgan fingerprint density at radius 2 is 1.87 bits per heavy atom. The minimum absolute atomic E-state index is 0.112. The Balaban J connectivity index is 1.65. The fourth-order valence-electron chi connectivity index (χ4n) is 4.43. The first kappa shape index (κ1) is 20.7. The quantitative estimate of drug-likeness (QED) is 0.575. The molecule has 2 amide bonds. The number of benzene rings is 2. The third-order valence-electron chi connectivity index (χ3n) is 6.37. The maximum Gasteiger partial charge on any atom is 0.293 e. The molecular weight excluding hydrogens is 392 g/mol. The van der Waals surface area contributed by atoms with Crippen molar-refractivity contribution in [1.82, 2.24) is 4.90 Å². The van der Waals surface area contributed by atoms with Gasteiger partial charge in [0.05, 0.1) is 11.4 Å². The molecule has 5 heteroatoms. The zero-order chi connectivity index (χ0) is 21.6. The Kier molecular flexibility index (Phi) is 5.27. The Labute approximate surface area is 182 Å². The molecule has 0 saturated carbocycles. The van der Waals surface area contributed by atoms with Gasteiger partial charge in [-0.1, -0.05) is 37.3 Å². The third kappa shape index (κ3) is 3.67. The molecule has 156 valence electrons. The van der Waals surface area contributed by atoms with Crippen LogP contribution in [0.25, 0.3) is 6.08 Å². The van der Waals surface area contributed by atoms with Gasteiger partial charge in [-0.15, -0.1) is 0 Å². The van der Waals surface area contributed by atoms with Crippen LogP contribution in [-0.4, -0.2) is 28.6 Å². The largest absolute Gasteiger partial charge is 0.369 e. The number of rotatable bonds is 3. The van der Waals surface area contributed by atoms with E-state index in [0.717, 1.165) is 34.9 Å². The number of fused-ring (bicyclic) bond motifs is 1. The van der Waals surface area contributed by atoms with E-state index in [2.05, 4.69) is 51.8 Å². The summed E-state index contributed by atoms with van der Waals surface area (Å²) in [5.41, 5.74) is 5.74. The minimum atomic E-state index is -0.211. The van der Waals surface area contributed by atoms with E-state index in [1.54, 1.807) is 0 Å². The average Bonchev–Trinajstić information content (AvgIpc) is 2.95. The topological polar surface area (TPSA) is 40.6 Å². The average molecular weight is 421 g/mol. The molecule has 0 unspecified atom stereocenters. The van der Waals surface area contributed by atoms with Crippen LogP contribution in [0.2, 0.25) is 0 Å². The number of aryl methyl sites for hydroxylation is 1. The first-order valence-corrected chi connectivity index (χ1v) is 11.2. The molecule has 30 heavy (non-hydrogen) atoms. The summed E-state index contributed by atoms with van der Waals surface area (Å²) in [6.45, 7) is 9.20. The molecule has 2 aromatic carbocycles. The van der Waals surface area contributed by atoms with Gasteiger partial charge >= 0.3 is 0 Å². The number of anilines is 1. The molecule has 0 bridgehead atoms. The van der Waals surface area contributed by atoms with Gasteiger partial charge in [0, 0.05) is 18.3 Å². The van der Waals surface area contributed by atoms with Gasteiger partial charge in [0.25, 0.3) is 11.1 Å². The van der Waals surface area contributed by atoms with Crippen molar-refractivity contribution in [2.24, 2.45) is 0 Å². The van der Waals surface area contributed by atoms with Crippen LogP contribution < -0.4 is 4.90 Å². The molecule has 4 rings (SSSR count). The highest BCUT2D eigenvalue weighted by Crippen LogP contribution is 2.44. The maximum atomic E-state index is 12.9. The number of nitrogens with zero attached hydrogens (tertiary/aromatic N) is 2. The van der Waals surface area contributed by atoms with Gasteiger partial charge in [0.15, 0.2) is 0 Å². The third-order valence-corrected chi connectivity index (χ3v) is 7.27. The minimum Gasteiger partial charge on any atom is -0.369 e. The van der Waals surface area contributed by atoms with E-state index < -0.39 is 0 Å². The summed E-state index contributed by atoms with van der Waals surface area (Å²) in [6, 6.07) is 14.0. The van der Waals surface area contributed by atoms with E-state index in [-0.39, 0.29) is 16.7 Å². The van der Waals surface area contributed by atoms with Crippen LogP contribution in [0.5, 0.6) is 0 Å². The van der Waals surface area contributed by atoms with Gasteiger partial charge in [-0.3, -0.25) is 14.5 Å². The normalized spacial score (nSPS) is 22.0. The van der Waals surface area contributed by atoms with E-state index in [4.69, 9.17) is 0 Å². The number of hydrogen-bond donors (Lipinski definition) is 0. The number of hydrogen-bond acceptors (Lipinski definition) is 4. The Morgan fingerprint density at radius 3 is 2.57 bits per heavy atom. The van der Waals surface area contributed by atoms with Gasteiger partial charge in [-0.05, 0) is 85.3 Å². The second-order valence-electron chi connectivity index (χ2n) is 9.00. The number of carbonyl (C=O) groups excluding carboxylic acids is 2. The van der Waals surface area contributed by atoms with Crippen LogP contribution in [0.1, 0.15) is 55.4 Å². The van der Waals surface area contributed by atoms with E-state index in [1.165, 1.54) is 16.2 Å². The summed E-state index contributed by atoms with van der Waals surface area (Å²) in [4.78, 5) is 29.6. The molecule has 2 aliphatic heterocycles. The van der Waals surface area contributed by atoms with E-state index in [9.17, 15) is 9.59 Å².